The minimum atomic E-state index is 0.767. The van der Waals surface area contributed by atoms with Gasteiger partial charge < -0.3 is 0 Å². The number of aryl methyl sites for hydroxylation is 1. The molecule has 28 heavy (non-hydrogen) atoms. The highest BCUT2D eigenvalue weighted by Crippen LogP contribution is 2.28. The van der Waals surface area contributed by atoms with E-state index in [0.29, 0.717) is 0 Å². The van der Waals surface area contributed by atoms with E-state index in [0.717, 1.165) is 41.8 Å². The van der Waals surface area contributed by atoms with E-state index in [1.165, 1.54) is 5.56 Å². The number of anilines is 1. The Morgan fingerprint density at radius 2 is 1.29 bits per heavy atom. The van der Waals surface area contributed by atoms with Crippen LogP contribution in [0.3, 0.4) is 0 Å². The van der Waals surface area contributed by atoms with Crippen molar-refractivity contribution in [2.24, 2.45) is 5.10 Å². The predicted molar refractivity (Wildman–Crippen MR) is 120 cm³/mol. The molecule has 0 aliphatic carbocycles. The molecule has 136 valence electrons. The Morgan fingerprint density at radius 3 is 1.82 bits per heavy atom. The average molecular weight is 401 g/mol. The number of nitrogens with zero attached hydrogens (tertiary/aromatic N) is 3. The Bertz CT molecular complexity index is 1160. The topological polar surface area (TPSA) is 50.2 Å². The van der Waals surface area contributed by atoms with Crippen molar-refractivity contribution in [1.29, 1.82) is 0 Å². The van der Waals surface area contributed by atoms with Crippen LogP contribution in [0, 0.1) is 6.92 Å². The summed E-state index contributed by atoms with van der Waals surface area (Å²) in [5.41, 5.74) is 8.05. The summed E-state index contributed by atoms with van der Waals surface area (Å²) in [5.74, 6) is 0. The van der Waals surface area contributed by atoms with Gasteiger partial charge in [-0.15, -0.1) is 22.7 Å². The van der Waals surface area contributed by atoms with Crippen molar-refractivity contribution in [3.05, 3.63) is 88.4 Å². The quantitative estimate of drug-likeness (QED) is 0.294. The van der Waals surface area contributed by atoms with Crippen LogP contribution < -0.4 is 5.43 Å². The molecule has 2 heterocycles. The number of nitrogens with one attached hydrogen (secondary N) is 1. The maximum atomic E-state index is 4.80. The first-order valence-corrected chi connectivity index (χ1v) is 10.5. The fourth-order valence-corrected chi connectivity index (χ4v) is 4.86. The van der Waals surface area contributed by atoms with E-state index in [2.05, 4.69) is 36.6 Å². The number of benzene rings is 3. The zero-order chi connectivity index (χ0) is 18.9. The Hall–Kier alpha value is -3.09. The fourth-order valence-electron chi connectivity index (χ4n) is 2.88. The predicted octanol–water partition coefficient (Wildman–Crippen LogP) is 6.08. The van der Waals surface area contributed by atoms with Gasteiger partial charge in [-0.25, -0.2) is 9.97 Å². The van der Waals surface area contributed by atoms with Crippen molar-refractivity contribution in [3.63, 3.8) is 0 Å². The summed E-state index contributed by atoms with van der Waals surface area (Å²) in [6, 6.07) is 24.5. The second kappa shape index (κ2) is 7.14. The molecule has 6 heteroatoms. The van der Waals surface area contributed by atoms with Gasteiger partial charge in [0.1, 0.15) is 10.0 Å². The number of aromatic nitrogens is 2. The molecule has 0 radical (unpaired) electrons. The molecule has 1 N–H and O–H groups in total. The van der Waals surface area contributed by atoms with Crippen LogP contribution in [0.5, 0.6) is 0 Å². The summed E-state index contributed by atoms with van der Waals surface area (Å²) in [7, 11) is 0. The molecule has 0 fully saturated rings. The molecule has 5 aromatic rings. The third-order valence-electron chi connectivity index (χ3n) is 4.34. The van der Waals surface area contributed by atoms with Gasteiger partial charge in [-0.2, -0.15) is 5.10 Å². The molecule has 4 nitrogen and oxygen atoms in total. The van der Waals surface area contributed by atoms with Crippen LogP contribution in [0.2, 0.25) is 0 Å². The monoisotopic (exact) mass is 400 g/mol. The van der Waals surface area contributed by atoms with Crippen molar-refractivity contribution in [3.8, 4) is 0 Å². The summed E-state index contributed by atoms with van der Waals surface area (Å²) in [6.07, 6.45) is 0. The summed E-state index contributed by atoms with van der Waals surface area (Å²) in [5, 5.41) is 6.44. The molecule has 0 bridgehead atoms. The summed E-state index contributed by atoms with van der Waals surface area (Å²) in [6.45, 7) is 2.07. The van der Waals surface area contributed by atoms with Crippen molar-refractivity contribution < 1.29 is 0 Å². The summed E-state index contributed by atoms with van der Waals surface area (Å²) >= 11 is 3.26. The van der Waals surface area contributed by atoms with Crippen molar-refractivity contribution in [2.45, 2.75) is 6.92 Å². The Balaban J connectivity index is 1.62. The number of hydrazone groups is 1. The lowest BCUT2D eigenvalue weighted by atomic mass is 10.2. The fraction of sp³-hybridized carbons (Fsp3) is 0.0455. The van der Waals surface area contributed by atoms with Gasteiger partial charge in [0.2, 0.25) is 0 Å². The number of hydrogen-bond donors (Lipinski definition) is 1. The third-order valence-corrected chi connectivity index (χ3v) is 6.43. The molecular formula is C22H16N4S2. The van der Waals surface area contributed by atoms with Gasteiger partial charge in [-0.05, 0) is 43.3 Å². The highest BCUT2D eigenvalue weighted by Gasteiger charge is 2.17. The molecule has 0 saturated carbocycles. The molecule has 0 aliphatic heterocycles. The second-order valence-corrected chi connectivity index (χ2v) is 8.47. The molecule has 5 rings (SSSR count). The van der Waals surface area contributed by atoms with Crippen molar-refractivity contribution in [2.75, 3.05) is 5.43 Å². The van der Waals surface area contributed by atoms with Crippen LogP contribution in [-0.2, 0) is 0 Å². The maximum absolute atomic E-state index is 4.80. The number of rotatable bonds is 4. The summed E-state index contributed by atoms with van der Waals surface area (Å²) in [4.78, 5) is 9.60. The standard InChI is InChI=1S/C22H16N4S2/c1-14-10-12-15(13-11-14)25-26-20(21-23-16-6-2-4-8-18(16)27-21)22-24-17-7-3-5-9-19(17)28-22/h2-13,25H,1H3. The third kappa shape index (κ3) is 3.28. The first-order valence-electron chi connectivity index (χ1n) is 8.88. The van der Waals surface area contributed by atoms with Gasteiger partial charge in [0.25, 0.3) is 0 Å². The first-order chi connectivity index (χ1) is 13.8. The number of thiazole rings is 2. The van der Waals surface area contributed by atoms with Crippen LogP contribution in [0.4, 0.5) is 5.69 Å². The molecule has 0 atom stereocenters. The first kappa shape index (κ1) is 17.0. The van der Waals surface area contributed by atoms with Gasteiger partial charge in [-0.3, -0.25) is 5.43 Å². The lowest BCUT2D eigenvalue weighted by Gasteiger charge is -2.03. The van der Waals surface area contributed by atoms with Gasteiger partial charge in [0, 0.05) is 0 Å². The number of hydrogen-bond acceptors (Lipinski definition) is 6. The van der Waals surface area contributed by atoms with Gasteiger partial charge in [0.15, 0.2) is 5.71 Å². The largest absolute Gasteiger partial charge is 0.278 e. The van der Waals surface area contributed by atoms with E-state index in [4.69, 9.17) is 15.1 Å². The van der Waals surface area contributed by atoms with Gasteiger partial charge in [-0.1, -0.05) is 42.0 Å². The lowest BCUT2D eigenvalue weighted by molar-refractivity contribution is 1.29. The van der Waals surface area contributed by atoms with E-state index < -0.39 is 0 Å². The SMILES string of the molecule is Cc1ccc(NN=C(c2nc3ccccc3s2)c2nc3ccccc3s2)cc1. The second-order valence-electron chi connectivity index (χ2n) is 6.41. The Kier molecular flexibility index (Phi) is 4.35. The lowest BCUT2D eigenvalue weighted by Crippen LogP contribution is -2.06. The van der Waals surface area contributed by atoms with E-state index in [1.54, 1.807) is 22.7 Å². The molecule has 0 unspecified atom stereocenters. The van der Waals surface area contributed by atoms with Crippen LogP contribution in [0.1, 0.15) is 15.6 Å². The molecule has 0 aliphatic rings. The molecule has 0 saturated heterocycles. The van der Waals surface area contributed by atoms with Crippen LogP contribution in [0.25, 0.3) is 20.4 Å². The normalized spacial score (nSPS) is 11.0. The van der Waals surface area contributed by atoms with Gasteiger partial charge >= 0.3 is 0 Å². The minimum absolute atomic E-state index is 0.767. The highest BCUT2D eigenvalue weighted by molar-refractivity contribution is 7.23. The molecule has 2 aromatic heterocycles. The average Bonchev–Trinajstić information content (AvgIpc) is 3.33. The van der Waals surface area contributed by atoms with E-state index >= 15 is 0 Å². The van der Waals surface area contributed by atoms with Gasteiger partial charge in [0.05, 0.1) is 26.1 Å². The Morgan fingerprint density at radius 1 is 0.750 bits per heavy atom. The molecular weight excluding hydrogens is 384 g/mol. The van der Waals surface area contributed by atoms with Crippen LogP contribution in [0.15, 0.2) is 77.9 Å². The van der Waals surface area contributed by atoms with Crippen LogP contribution in [-0.4, -0.2) is 15.7 Å². The summed E-state index contributed by atoms with van der Waals surface area (Å²) < 4.78 is 2.28. The molecule has 3 aromatic carbocycles. The molecule has 0 amide bonds. The minimum Gasteiger partial charge on any atom is -0.278 e. The number of para-hydroxylation sites is 2. The van der Waals surface area contributed by atoms with Crippen molar-refractivity contribution >= 4 is 54.5 Å². The zero-order valence-electron chi connectivity index (χ0n) is 15.1. The highest BCUT2D eigenvalue weighted by atomic mass is 32.1. The molecule has 0 spiro atoms. The van der Waals surface area contributed by atoms with Crippen molar-refractivity contribution in [1.82, 2.24) is 9.97 Å². The van der Waals surface area contributed by atoms with Crippen LogP contribution >= 0.6 is 22.7 Å². The Labute approximate surface area is 170 Å². The van der Waals surface area contributed by atoms with E-state index in [1.807, 2.05) is 48.5 Å². The smallest absolute Gasteiger partial charge is 0.155 e. The van der Waals surface area contributed by atoms with E-state index in [-0.39, 0.29) is 0 Å². The maximum Gasteiger partial charge on any atom is 0.155 e. The number of fused-ring (bicyclic) bond motifs is 2. The van der Waals surface area contributed by atoms with E-state index in [9.17, 15) is 0 Å². The zero-order valence-corrected chi connectivity index (χ0v) is 16.7.